The van der Waals surface area contributed by atoms with Crippen molar-refractivity contribution in [3.05, 3.63) is 24.3 Å². The van der Waals surface area contributed by atoms with E-state index in [4.69, 9.17) is 0 Å². The minimum atomic E-state index is -4.72. The van der Waals surface area contributed by atoms with E-state index in [1.54, 1.807) is 14.0 Å². The molecular formula is C12H16ClF3N2O2. The fraction of sp³-hybridized carbons (Fsp3) is 0.417. The summed E-state index contributed by atoms with van der Waals surface area (Å²) in [5.41, 5.74) is 0.419. The van der Waals surface area contributed by atoms with Crippen molar-refractivity contribution in [1.29, 1.82) is 0 Å². The summed E-state index contributed by atoms with van der Waals surface area (Å²) in [4.78, 5) is 11.7. The van der Waals surface area contributed by atoms with Crippen molar-refractivity contribution in [1.82, 2.24) is 5.32 Å². The van der Waals surface area contributed by atoms with Gasteiger partial charge in [-0.15, -0.1) is 25.6 Å². The van der Waals surface area contributed by atoms with Gasteiger partial charge in [0, 0.05) is 18.2 Å². The topological polar surface area (TPSA) is 50.4 Å². The molecule has 0 aliphatic heterocycles. The monoisotopic (exact) mass is 312 g/mol. The number of ether oxygens (including phenoxy) is 1. The summed E-state index contributed by atoms with van der Waals surface area (Å²) in [5.74, 6) is -0.774. The standard InChI is InChI=1S/C12H15F3N2O2.ClH/c1-8(7-16-2)11(18)17-9-3-5-10(6-4-9)19-12(13,14)15;/h3-6,8,16H,7H2,1-2H3,(H,17,18);1H. The Morgan fingerprint density at radius 1 is 1.30 bits per heavy atom. The second-order valence-electron chi connectivity index (χ2n) is 4.02. The third kappa shape index (κ3) is 6.63. The van der Waals surface area contributed by atoms with Crippen LogP contribution in [0.5, 0.6) is 5.75 Å². The Hall–Kier alpha value is -1.47. The van der Waals surface area contributed by atoms with E-state index in [0.717, 1.165) is 12.1 Å². The highest BCUT2D eigenvalue weighted by molar-refractivity contribution is 5.92. The van der Waals surface area contributed by atoms with Crippen molar-refractivity contribution in [3.8, 4) is 5.75 Å². The van der Waals surface area contributed by atoms with Crippen LogP contribution in [0.1, 0.15) is 6.92 Å². The Morgan fingerprint density at radius 3 is 2.30 bits per heavy atom. The summed E-state index contributed by atoms with van der Waals surface area (Å²) in [6.07, 6.45) is -4.72. The van der Waals surface area contributed by atoms with Gasteiger partial charge < -0.3 is 15.4 Å². The Morgan fingerprint density at radius 2 is 1.85 bits per heavy atom. The smallest absolute Gasteiger partial charge is 0.406 e. The number of amides is 1. The lowest BCUT2D eigenvalue weighted by Gasteiger charge is -2.12. The Balaban J connectivity index is 0.00000361. The van der Waals surface area contributed by atoms with Crippen LogP contribution >= 0.6 is 12.4 Å². The predicted molar refractivity (Wildman–Crippen MR) is 72.1 cm³/mol. The van der Waals surface area contributed by atoms with Crippen molar-refractivity contribution in [3.63, 3.8) is 0 Å². The predicted octanol–water partition coefficient (Wildman–Crippen LogP) is 2.80. The Bertz CT molecular complexity index is 424. The first-order chi connectivity index (χ1) is 8.81. The molecule has 0 spiro atoms. The van der Waals surface area contributed by atoms with E-state index in [9.17, 15) is 18.0 Å². The van der Waals surface area contributed by atoms with Crippen LogP contribution in [-0.2, 0) is 4.79 Å². The number of benzene rings is 1. The van der Waals surface area contributed by atoms with E-state index < -0.39 is 6.36 Å². The van der Waals surface area contributed by atoms with Gasteiger partial charge in [0.2, 0.25) is 5.91 Å². The minimum absolute atomic E-state index is 0. The summed E-state index contributed by atoms with van der Waals surface area (Å²) >= 11 is 0. The molecule has 4 nitrogen and oxygen atoms in total. The first kappa shape index (κ1) is 18.5. The molecule has 2 N–H and O–H groups in total. The lowest BCUT2D eigenvalue weighted by Crippen LogP contribution is -2.28. The molecule has 0 aliphatic rings. The molecule has 0 heterocycles. The summed E-state index contributed by atoms with van der Waals surface area (Å²) in [6, 6.07) is 4.99. The molecule has 1 atom stereocenters. The van der Waals surface area contributed by atoms with Crippen molar-refractivity contribution >= 4 is 24.0 Å². The van der Waals surface area contributed by atoms with Gasteiger partial charge in [-0.3, -0.25) is 4.79 Å². The third-order valence-corrected chi connectivity index (χ3v) is 2.31. The zero-order chi connectivity index (χ0) is 14.5. The average Bonchev–Trinajstić information content (AvgIpc) is 2.30. The molecule has 20 heavy (non-hydrogen) atoms. The van der Waals surface area contributed by atoms with Gasteiger partial charge in [0.25, 0.3) is 0 Å². The second kappa shape index (κ2) is 7.96. The molecule has 1 unspecified atom stereocenters. The van der Waals surface area contributed by atoms with Crippen LogP contribution in [0.2, 0.25) is 0 Å². The average molecular weight is 313 g/mol. The number of alkyl halides is 3. The maximum absolute atomic E-state index is 11.9. The molecule has 1 aromatic rings. The lowest BCUT2D eigenvalue weighted by molar-refractivity contribution is -0.274. The molecule has 1 aromatic carbocycles. The lowest BCUT2D eigenvalue weighted by atomic mass is 10.1. The van der Waals surface area contributed by atoms with E-state index in [2.05, 4.69) is 15.4 Å². The Kier molecular flexibility index (Phi) is 7.38. The SMILES string of the molecule is CNCC(C)C(=O)Nc1ccc(OC(F)(F)F)cc1.Cl. The van der Waals surface area contributed by atoms with E-state index in [1.165, 1.54) is 12.1 Å². The highest BCUT2D eigenvalue weighted by Crippen LogP contribution is 2.24. The largest absolute Gasteiger partial charge is 0.573 e. The molecule has 1 rings (SSSR count). The fourth-order valence-electron chi connectivity index (χ4n) is 1.40. The Labute approximate surface area is 121 Å². The zero-order valence-electron chi connectivity index (χ0n) is 11.0. The van der Waals surface area contributed by atoms with Gasteiger partial charge in [0.1, 0.15) is 5.75 Å². The summed E-state index contributed by atoms with van der Waals surface area (Å²) < 4.78 is 39.6. The van der Waals surface area contributed by atoms with Crippen LogP contribution < -0.4 is 15.4 Å². The number of carbonyl (C=O) groups is 1. The van der Waals surface area contributed by atoms with Crippen LogP contribution in [0, 0.1) is 5.92 Å². The highest BCUT2D eigenvalue weighted by atomic mass is 35.5. The van der Waals surface area contributed by atoms with Crippen LogP contribution in [0.25, 0.3) is 0 Å². The summed E-state index contributed by atoms with van der Waals surface area (Å²) in [5, 5.41) is 5.46. The molecule has 0 bridgehead atoms. The number of rotatable bonds is 5. The van der Waals surface area contributed by atoms with Crippen molar-refractivity contribution in [2.75, 3.05) is 18.9 Å². The van der Waals surface area contributed by atoms with Crippen LogP contribution in [-0.4, -0.2) is 25.9 Å². The van der Waals surface area contributed by atoms with E-state index in [0.29, 0.717) is 12.2 Å². The van der Waals surface area contributed by atoms with Crippen molar-refractivity contribution < 1.29 is 22.7 Å². The molecule has 0 saturated heterocycles. The third-order valence-electron chi connectivity index (χ3n) is 2.31. The van der Waals surface area contributed by atoms with Gasteiger partial charge in [0.15, 0.2) is 0 Å². The van der Waals surface area contributed by atoms with E-state index >= 15 is 0 Å². The zero-order valence-corrected chi connectivity index (χ0v) is 11.8. The fourth-order valence-corrected chi connectivity index (χ4v) is 1.40. The molecule has 0 fully saturated rings. The molecular weight excluding hydrogens is 297 g/mol. The summed E-state index contributed by atoms with van der Waals surface area (Å²) in [7, 11) is 1.73. The molecule has 0 radical (unpaired) electrons. The molecule has 0 saturated carbocycles. The molecule has 1 amide bonds. The number of hydrogen-bond acceptors (Lipinski definition) is 3. The maximum Gasteiger partial charge on any atom is 0.573 e. The van der Waals surface area contributed by atoms with E-state index in [-0.39, 0.29) is 30.0 Å². The van der Waals surface area contributed by atoms with Gasteiger partial charge in [-0.25, -0.2) is 0 Å². The number of nitrogens with one attached hydrogen (secondary N) is 2. The van der Waals surface area contributed by atoms with Gasteiger partial charge in [0.05, 0.1) is 0 Å². The normalized spacial score (nSPS) is 12.2. The van der Waals surface area contributed by atoms with Crippen LogP contribution in [0.15, 0.2) is 24.3 Å². The van der Waals surface area contributed by atoms with Crippen LogP contribution in [0.3, 0.4) is 0 Å². The van der Waals surface area contributed by atoms with Gasteiger partial charge >= 0.3 is 6.36 Å². The van der Waals surface area contributed by atoms with E-state index in [1.807, 2.05) is 0 Å². The van der Waals surface area contributed by atoms with Crippen LogP contribution in [0.4, 0.5) is 18.9 Å². The van der Waals surface area contributed by atoms with Crippen molar-refractivity contribution in [2.45, 2.75) is 13.3 Å². The number of halogens is 4. The number of carbonyl (C=O) groups excluding carboxylic acids is 1. The van der Waals surface area contributed by atoms with Gasteiger partial charge in [-0.1, -0.05) is 6.92 Å². The quantitative estimate of drug-likeness (QED) is 0.879. The molecule has 0 aromatic heterocycles. The first-order valence-electron chi connectivity index (χ1n) is 5.63. The van der Waals surface area contributed by atoms with Gasteiger partial charge in [-0.2, -0.15) is 0 Å². The maximum atomic E-state index is 11.9. The molecule has 0 aliphatic carbocycles. The number of anilines is 1. The molecule has 8 heteroatoms. The first-order valence-corrected chi connectivity index (χ1v) is 5.63. The number of hydrogen-bond donors (Lipinski definition) is 2. The van der Waals surface area contributed by atoms with Crippen molar-refractivity contribution in [2.24, 2.45) is 5.92 Å². The summed E-state index contributed by atoms with van der Waals surface area (Å²) in [6.45, 7) is 2.26. The molecule has 114 valence electrons. The minimum Gasteiger partial charge on any atom is -0.406 e. The highest BCUT2D eigenvalue weighted by Gasteiger charge is 2.30. The second-order valence-corrected chi connectivity index (χ2v) is 4.02. The van der Waals surface area contributed by atoms with Gasteiger partial charge in [-0.05, 0) is 31.3 Å².